The van der Waals surface area contributed by atoms with Crippen LogP contribution in [-0.4, -0.2) is 39.6 Å². The summed E-state index contributed by atoms with van der Waals surface area (Å²) in [4.78, 5) is 4.36. The van der Waals surface area contributed by atoms with Crippen LogP contribution in [-0.2, 0) is 11.2 Å². The van der Waals surface area contributed by atoms with E-state index in [-0.39, 0.29) is 11.6 Å². The smallest absolute Gasteiger partial charge is 0.138 e. The zero-order valence-electron chi connectivity index (χ0n) is 13.1. The summed E-state index contributed by atoms with van der Waals surface area (Å²) in [7, 11) is 0. The summed E-state index contributed by atoms with van der Waals surface area (Å²) in [6.07, 6.45) is 2.46. The van der Waals surface area contributed by atoms with Gasteiger partial charge in [-0.15, -0.1) is 0 Å². The van der Waals surface area contributed by atoms with E-state index in [1.54, 1.807) is 6.33 Å². The molecule has 5 heteroatoms. The van der Waals surface area contributed by atoms with Crippen LogP contribution in [0.2, 0.25) is 0 Å². The molecule has 0 aliphatic heterocycles. The Kier molecular flexibility index (Phi) is 5.94. The normalized spacial score (nSPS) is 14.1. The molecule has 0 aliphatic rings. The van der Waals surface area contributed by atoms with E-state index in [1.165, 1.54) is 0 Å². The van der Waals surface area contributed by atoms with E-state index in [2.05, 4.69) is 56.9 Å². The Bertz CT molecular complexity index is 368. The minimum atomic E-state index is -0.112. The second kappa shape index (κ2) is 7.01. The van der Waals surface area contributed by atoms with Crippen molar-refractivity contribution in [1.82, 2.24) is 20.1 Å². The predicted molar refractivity (Wildman–Crippen MR) is 77.3 cm³/mol. The average molecular weight is 268 g/mol. The van der Waals surface area contributed by atoms with E-state index in [0.717, 1.165) is 18.8 Å². The molecule has 1 N–H and O–H groups in total. The number of hydrogen-bond donors (Lipinski definition) is 1. The van der Waals surface area contributed by atoms with Crippen LogP contribution in [0.5, 0.6) is 0 Å². The van der Waals surface area contributed by atoms with E-state index in [4.69, 9.17) is 4.74 Å². The van der Waals surface area contributed by atoms with E-state index in [0.29, 0.717) is 12.6 Å². The summed E-state index contributed by atoms with van der Waals surface area (Å²) in [6.45, 7) is 14.2. The van der Waals surface area contributed by atoms with Crippen LogP contribution in [0.25, 0.3) is 0 Å². The third kappa shape index (κ3) is 5.70. The molecule has 0 saturated carbocycles. The molecular weight excluding hydrogens is 240 g/mol. The van der Waals surface area contributed by atoms with Crippen molar-refractivity contribution < 1.29 is 4.74 Å². The highest BCUT2D eigenvalue weighted by Crippen LogP contribution is 2.11. The van der Waals surface area contributed by atoms with Crippen molar-refractivity contribution in [2.45, 2.75) is 65.6 Å². The van der Waals surface area contributed by atoms with Crippen molar-refractivity contribution in [3.05, 3.63) is 12.2 Å². The van der Waals surface area contributed by atoms with E-state index in [1.807, 2.05) is 4.68 Å². The van der Waals surface area contributed by atoms with E-state index < -0.39 is 0 Å². The molecular formula is C14H28N4O. The van der Waals surface area contributed by atoms with Crippen molar-refractivity contribution in [3.63, 3.8) is 0 Å². The molecule has 0 fully saturated rings. The molecule has 0 saturated heterocycles. The lowest BCUT2D eigenvalue weighted by molar-refractivity contribution is -0.0145. The summed E-state index contributed by atoms with van der Waals surface area (Å²) < 4.78 is 7.85. The SMILES string of the molecule is CCNC(COC(C)(C)C)Cc1ncnn1C(C)C. The van der Waals surface area contributed by atoms with Gasteiger partial charge in [0.1, 0.15) is 12.2 Å². The second-order valence-electron chi connectivity index (χ2n) is 6.10. The molecule has 19 heavy (non-hydrogen) atoms. The van der Waals surface area contributed by atoms with Crippen LogP contribution in [0.15, 0.2) is 6.33 Å². The van der Waals surface area contributed by atoms with Crippen LogP contribution < -0.4 is 5.32 Å². The summed E-state index contributed by atoms with van der Waals surface area (Å²) in [5.41, 5.74) is -0.112. The van der Waals surface area contributed by atoms with Gasteiger partial charge in [-0.25, -0.2) is 9.67 Å². The molecule has 110 valence electrons. The Morgan fingerprint density at radius 3 is 2.58 bits per heavy atom. The first-order valence-electron chi connectivity index (χ1n) is 7.09. The van der Waals surface area contributed by atoms with E-state index >= 15 is 0 Å². The van der Waals surface area contributed by atoms with Crippen LogP contribution in [0.4, 0.5) is 0 Å². The number of nitrogens with one attached hydrogen (secondary N) is 1. The minimum Gasteiger partial charge on any atom is -0.374 e. The van der Waals surface area contributed by atoms with Crippen LogP contribution in [0, 0.1) is 0 Å². The summed E-state index contributed by atoms with van der Waals surface area (Å²) >= 11 is 0. The van der Waals surface area contributed by atoms with Gasteiger partial charge in [0.25, 0.3) is 0 Å². The Morgan fingerprint density at radius 2 is 2.05 bits per heavy atom. The Hall–Kier alpha value is -0.940. The molecule has 0 aromatic carbocycles. The molecule has 1 aromatic heterocycles. The largest absolute Gasteiger partial charge is 0.374 e. The second-order valence-corrected chi connectivity index (χ2v) is 6.10. The van der Waals surface area contributed by atoms with E-state index in [9.17, 15) is 0 Å². The number of hydrogen-bond acceptors (Lipinski definition) is 4. The molecule has 1 rings (SSSR count). The van der Waals surface area contributed by atoms with Gasteiger partial charge in [0, 0.05) is 18.5 Å². The summed E-state index contributed by atoms with van der Waals surface area (Å²) in [5, 5.41) is 7.73. The third-order valence-electron chi connectivity index (χ3n) is 2.78. The molecule has 1 atom stereocenters. The van der Waals surface area contributed by atoms with Crippen molar-refractivity contribution in [3.8, 4) is 0 Å². The first-order chi connectivity index (χ1) is 8.83. The van der Waals surface area contributed by atoms with Gasteiger partial charge < -0.3 is 10.1 Å². The Balaban J connectivity index is 2.64. The number of ether oxygens (including phenoxy) is 1. The van der Waals surface area contributed by atoms with Crippen molar-refractivity contribution in [2.24, 2.45) is 0 Å². The standard InChI is InChI=1S/C14H28N4O/c1-7-15-12(9-19-14(4,5)6)8-13-16-10-17-18(13)11(2)3/h10-12,15H,7-9H2,1-6H3. The van der Waals surface area contributed by atoms with Gasteiger partial charge in [0.05, 0.1) is 12.2 Å². The molecule has 0 amide bonds. The lowest BCUT2D eigenvalue weighted by Gasteiger charge is -2.25. The molecule has 1 heterocycles. The van der Waals surface area contributed by atoms with Gasteiger partial charge in [0.15, 0.2) is 0 Å². The van der Waals surface area contributed by atoms with Crippen LogP contribution >= 0.6 is 0 Å². The molecule has 5 nitrogen and oxygen atoms in total. The molecule has 0 radical (unpaired) electrons. The fourth-order valence-electron chi connectivity index (χ4n) is 1.90. The van der Waals surface area contributed by atoms with Gasteiger partial charge in [-0.2, -0.15) is 5.10 Å². The third-order valence-corrected chi connectivity index (χ3v) is 2.78. The summed E-state index contributed by atoms with van der Waals surface area (Å²) in [5.74, 6) is 1.01. The molecule has 1 unspecified atom stereocenters. The van der Waals surface area contributed by atoms with Crippen molar-refractivity contribution >= 4 is 0 Å². The Morgan fingerprint density at radius 1 is 1.37 bits per heavy atom. The Labute approximate surface area is 116 Å². The minimum absolute atomic E-state index is 0.112. The highest BCUT2D eigenvalue weighted by atomic mass is 16.5. The predicted octanol–water partition coefficient (Wildman–Crippen LogP) is 2.19. The van der Waals surface area contributed by atoms with Gasteiger partial charge >= 0.3 is 0 Å². The average Bonchev–Trinajstić information content (AvgIpc) is 2.73. The van der Waals surface area contributed by atoms with Gasteiger partial charge in [-0.3, -0.25) is 0 Å². The van der Waals surface area contributed by atoms with Crippen LogP contribution in [0.1, 0.15) is 53.4 Å². The zero-order chi connectivity index (χ0) is 14.5. The topological polar surface area (TPSA) is 52.0 Å². The highest BCUT2D eigenvalue weighted by Gasteiger charge is 2.18. The van der Waals surface area contributed by atoms with Crippen molar-refractivity contribution in [1.29, 1.82) is 0 Å². The first-order valence-corrected chi connectivity index (χ1v) is 7.09. The zero-order valence-corrected chi connectivity index (χ0v) is 13.1. The lowest BCUT2D eigenvalue weighted by Crippen LogP contribution is -2.39. The number of likely N-dealkylation sites (N-methyl/N-ethyl adjacent to an activating group) is 1. The van der Waals surface area contributed by atoms with Crippen molar-refractivity contribution in [2.75, 3.05) is 13.2 Å². The first kappa shape index (κ1) is 16.1. The molecule has 1 aromatic rings. The maximum atomic E-state index is 5.87. The maximum Gasteiger partial charge on any atom is 0.138 e. The fraction of sp³-hybridized carbons (Fsp3) is 0.857. The van der Waals surface area contributed by atoms with Gasteiger partial charge in [-0.1, -0.05) is 6.92 Å². The quantitative estimate of drug-likeness (QED) is 0.823. The molecule has 0 spiro atoms. The molecule has 0 bridgehead atoms. The number of aromatic nitrogens is 3. The monoisotopic (exact) mass is 268 g/mol. The number of nitrogens with zero attached hydrogens (tertiary/aromatic N) is 3. The molecule has 0 aliphatic carbocycles. The summed E-state index contributed by atoms with van der Waals surface area (Å²) in [6, 6.07) is 0.606. The van der Waals surface area contributed by atoms with Gasteiger partial charge in [0.2, 0.25) is 0 Å². The fourth-order valence-corrected chi connectivity index (χ4v) is 1.90. The lowest BCUT2D eigenvalue weighted by atomic mass is 10.1. The number of rotatable bonds is 7. The highest BCUT2D eigenvalue weighted by molar-refractivity contribution is 4.91. The van der Waals surface area contributed by atoms with Gasteiger partial charge in [-0.05, 0) is 41.2 Å². The van der Waals surface area contributed by atoms with Crippen LogP contribution in [0.3, 0.4) is 0 Å². The maximum absolute atomic E-state index is 5.87.